The van der Waals surface area contributed by atoms with E-state index in [2.05, 4.69) is 15.5 Å². The molecule has 0 amide bonds. The van der Waals surface area contributed by atoms with Crippen LogP contribution in [-0.4, -0.2) is 38.4 Å². The van der Waals surface area contributed by atoms with Crippen LogP contribution in [0.15, 0.2) is 53.7 Å². The summed E-state index contributed by atoms with van der Waals surface area (Å²) in [5, 5.41) is 12.1. The number of carbonyl (C=O) groups excluding carboxylic acids is 1. The van der Waals surface area contributed by atoms with Crippen molar-refractivity contribution in [2.75, 3.05) is 7.11 Å². The molecule has 0 aliphatic carbocycles. The number of nitrogens with zero attached hydrogens (tertiary/aromatic N) is 4. The van der Waals surface area contributed by atoms with E-state index in [0.717, 1.165) is 11.3 Å². The molecule has 0 aliphatic heterocycles. The minimum atomic E-state index is -0.317. The third-order valence-electron chi connectivity index (χ3n) is 3.71. The molecule has 0 saturated heterocycles. The first-order chi connectivity index (χ1) is 12.1. The lowest BCUT2D eigenvalue weighted by molar-refractivity contribution is 0.0994. The van der Waals surface area contributed by atoms with Gasteiger partial charge in [0.25, 0.3) is 0 Å². The van der Waals surface area contributed by atoms with Crippen molar-refractivity contribution in [1.82, 2.24) is 20.2 Å². The second kappa shape index (κ2) is 7.48. The number of methoxy groups -OCH3 is 1. The maximum atomic E-state index is 12.6. The summed E-state index contributed by atoms with van der Waals surface area (Å²) in [5.41, 5.74) is 2.49. The summed E-state index contributed by atoms with van der Waals surface area (Å²) in [6.45, 7) is 3.84. The van der Waals surface area contributed by atoms with Crippen LogP contribution in [0.3, 0.4) is 0 Å². The summed E-state index contributed by atoms with van der Waals surface area (Å²) in [6, 6.07) is 15.0. The smallest absolute Gasteiger partial charge is 0.214 e. The monoisotopic (exact) mass is 354 g/mol. The van der Waals surface area contributed by atoms with Crippen LogP contribution < -0.4 is 4.74 Å². The van der Waals surface area contributed by atoms with E-state index in [1.54, 1.807) is 11.8 Å². The standard InChI is InChI=1S/C18H18N4O2S/c1-12-9-10-16(24-3)15(11-12)22-18(19-20-21-22)25-13(2)17(23)14-7-5-4-6-8-14/h4-11,13H,1-3H3/t13-/m0/s1. The van der Waals surface area contributed by atoms with Gasteiger partial charge in [-0.25, -0.2) is 0 Å². The summed E-state index contributed by atoms with van der Waals surface area (Å²) in [6.07, 6.45) is 0. The van der Waals surface area contributed by atoms with E-state index < -0.39 is 0 Å². The van der Waals surface area contributed by atoms with Crippen LogP contribution in [0.2, 0.25) is 0 Å². The van der Waals surface area contributed by atoms with Crippen LogP contribution in [0.25, 0.3) is 5.69 Å². The van der Waals surface area contributed by atoms with Crippen molar-refractivity contribution in [3.63, 3.8) is 0 Å². The Hall–Kier alpha value is -2.67. The number of Topliss-reactive ketones (excluding diaryl/α,β-unsaturated/α-hetero) is 1. The number of hydrogen-bond donors (Lipinski definition) is 0. The Morgan fingerprint density at radius 1 is 1.20 bits per heavy atom. The predicted octanol–water partition coefficient (Wildman–Crippen LogP) is 3.34. The van der Waals surface area contributed by atoms with Crippen LogP contribution >= 0.6 is 11.8 Å². The Morgan fingerprint density at radius 3 is 2.68 bits per heavy atom. The highest BCUT2D eigenvalue weighted by Gasteiger charge is 2.21. The Bertz CT molecular complexity index is 880. The van der Waals surface area contributed by atoms with Gasteiger partial charge in [-0.2, -0.15) is 4.68 Å². The number of rotatable bonds is 6. The van der Waals surface area contributed by atoms with Crippen molar-refractivity contribution in [3.8, 4) is 11.4 Å². The van der Waals surface area contributed by atoms with Gasteiger partial charge in [0, 0.05) is 5.56 Å². The van der Waals surface area contributed by atoms with Crippen molar-refractivity contribution in [2.24, 2.45) is 0 Å². The zero-order valence-electron chi connectivity index (χ0n) is 14.2. The van der Waals surface area contributed by atoms with Gasteiger partial charge in [0.1, 0.15) is 11.4 Å². The van der Waals surface area contributed by atoms with Crippen molar-refractivity contribution in [2.45, 2.75) is 24.3 Å². The first-order valence-electron chi connectivity index (χ1n) is 7.79. The largest absolute Gasteiger partial charge is 0.494 e. The molecule has 1 atom stereocenters. The lowest BCUT2D eigenvalue weighted by Crippen LogP contribution is -2.14. The summed E-state index contributed by atoms with van der Waals surface area (Å²) in [4.78, 5) is 12.6. The molecule has 0 N–H and O–H groups in total. The molecule has 0 fully saturated rings. The van der Waals surface area contributed by atoms with Gasteiger partial charge < -0.3 is 4.74 Å². The Balaban J connectivity index is 1.88. The molecule has 6 nitrogen and oxygen atoms in total. The lowest BCUT2D eigenvalue weighted by Gasteiger charge is -2.12. The van der Waals surface area contributed by atoms with Crippen LogP contribution in [0.4, 0.5) is 0 Å². The van der Waals surface area contributed by atoms with Gasteiger partial charge in [0.2, 0.25) is 5.16 Å². The number of ether oxygens (including phenoxy) is 1. The van der Waals surface area contributed by atoms with Gasteiger partial charge in [-0.05, 0) is 42.0 Å². The highest BCUT2D eigenvalue weighted by molar-refractivity contribution is 8.00. The fourth-order valence-corrected chi connectivity index (χ4v) is 3.30. The molecule has 0 aliphatic rings. The molecule has 0 unspecified atom stereocenters. The molecule has 1 aromatic heterocycles. The van der Waals surface area contributed by atoms with Crippen molar-refractivity contribution in [3.05, 3.63) is 59.7 Å². The van der Waals surface area contributed by atoms with E-state index in [1.165, 1.54) is 11.8 Å². The molecule has 7 heteroatoms. The normalized spacial score (nSPS) is 12.0. The second-order valence-electron chi connectivity index (χ2n) is 5.54. The van der Waals surface area contributed by atoms with Gasteiger partial charge in [-0.3, -0.25) is 4.79 Å². The van der Waals surface area contributed by atoms with Gasteiger partial charge in [0.15, 0.2) is 5.78 Å². The van der Waals surface area contributed by atoms with Gasteiger partial charge in [0.05, 0.1) is 12.4 Å². The average Bonchev–Trinajstić information content (AvgIpc) is 3.09. The number of thioether (sulfide) groups is 1. The van der Waals surface area contributed by atoms with E-state index in [1.807, 2.05) is 62.4 Å². The molecular formula is C18H18N4O2S. The molecule has 0 saturated carbocycles. The number of hydrogen-bond acceptors (Lipinski definition) is 6. The Kier molecular flexibility index (Phi) is 5.14. The predicted molar refractivity (Wildman–Crippen MR) is 96.5 cm³/mol. The van der Waals surface area contributed by atoms with E-state index in [0.29, 0.717) is 16.5 Å². The Labute approximate surface area is 150 Å². The van der Waals surface area contributed by atoms with E-state index in [4.69, 9.17) is 4.74 Å². The van der Waals surface area contributed by atoms with E-state index in [-0.39, 0.29) is 11.0 Å². The number of benzene rings is 2. The summed E-state index contributed by atoms with van der Waals surface area (Å²) < 4.78 is 7.01. The minimum absolute atomic E-state index is 0.0383. The van der Waals surface area contributed by atoms with Crippen LogP contribution in [0.1, 0.15) is 22.8 Å². The summed E-state index contributed by atoms with van der Waals surface area (Å²) >= 11 is 1.32. The molecule has 0 bridgehead atoms. The third-order valence-corrected chi connectivity index (χ3v) is 4.75. The molecule has 0 spiro atoms. The van der Waals surface area contributed by atoms with Crippen molar-refractivity contribution < 1.29 is 9.53 Å². The lowest BCUT2D eigenvalue weighted by atomic mass is 10.1. The SMILES string of the molecule is COc1ccc(C)cc1-n1nnnc1S[C@@H](C)C(=O)c1ccccc1. The summed E-state index contributed by atoms with van der Waals surface area (Å²) in [7, 11) is 1.60. The number of aryl methyl sites for hydroxylation is 1. The number of ketones is 1. The topological polar surface area (TPSA) is 69.9 Å². The third kappa shape index (κ3) is 3.71. The van der Waals surface area contributed by atoms with E-state index in [9.17, 15) is 4.79 Å². The Morgan fingerprint density at radius 2 is 1.96 bits per heavy atom. The maximum absolute atomic E-state index is 12.6. The molecule has 3 rings (SSSR count). The summed E-state index contributed by atoms with van der Waals surface area (Å²) in [5.74, 6) is 0.707. The molecule has 2 aromatic carbocycles. The molecule has 1 heterocycles. The molecule has 25 heavy (non-hydrogen) atoms. The minimum Gasteiger partial charge on any atom is -0.494 e. The number of aromatic nitrogens is 4. The van der Waals surface area contributed by atoms with Crippen LogP contribution in [-0.2, 0) is 0 Å². The first kappa shape index (κ1) is 17.2. The number of tetrazole rings is 1. The van der Waals surface area contributed by atoms with Crippen LogP contribution in [0, 0.1) is 6.92 Å². The zero-order valence-corrected chi connectivity index (χ0v) is 15.0. The van der Waals surface area contributed by atoms with Crippen LogP contribution in [0.5, 0.6) is 5.75 Å². The maximum Gasteiger partial charge on any atom is 0.214 e. The first-order valence-corrected chi connectivity index (χ1v) is 8.67. The van der Waals surface area contributed by atoms with Crippen molar-refractivity contribution >= 4 is 17.5 Å². The molecule has 0 radical (unpaired) electrons. The van der Waals surface area contributed by atoms with E-state index >= 15 is 0 Å². The van der Waals surface area contributed by atoms with Gasteiger partial charge >= 0.3 is 0 Å². The van der Waals surface area contributed by atoms with Crippen molar-refractivity contribution in [1.29, 1.82) is 0 Å². The molecule has 3 aromatic rings. The van der Waals surface area contributed by atoms with Gasteiger partial charge in [-0.1, -0.05) is 48.2 Å². The highest BCUT2D eigenvalue weighted by atomic mass is 32.2. The quantitative estimate of drug-likeness (QED) is 0.499. The molecular weight excluding hydrogens is 336 g/mol. The van der Waals surface area contributed by atoms with Gasteiger partial charge in [-0.15, -0.1) is 5.10 Å². The fraction of sp³-hybridized carbons (Fsp3) is 0.222. The second-order valence-corrected chi connectivity index (χ2v) is 6.85. The highest BCUT2D eigenvalue weighted by Crippen LogP contribution is 2.29. The number of carbonyl (C=O) groups is 1. The molecule has 128 valence electrons. The fourth-order valence-electron chi connectivity index (χ4n) is 2.42. The average molecular weight is 354 g/mol. The zero-order chi connectivity index (χ0) is 17.8.